The number of aliphatic hydroxyl groups excluding tert-OH is 1. The van der Waals surface area contributed by atoms with Gasteiger partial charge in [-0.1, -0.05) is 32.9 Å². The predicted molar refractivity (Wildman–Crippen MR) is 80.0 cm³/mol. The Morgan fingerprint density at radius 2 is 2.05 bits per heavy atom. The average molecular weight is 279 g/mol. The Kier molecular flexibility index (Phi) is 6.52. The molecule has 2 N–H and O–H groups in total. The SMILES string of the molecule is Cc1ccc(C(C)C)c(OCC(=O)NCC(C)CO)c1. The fraction of sp³-hybridized carbons (Fsp3) is 0.562. The maximum atomic E-state index is 11.7. The van der Waals surface area contributed by atoms with Crippen molar-refractivity contribution in [2.45, 2.75) is 33.6 Å². The van der Waals surface area contributed by atoms with E-state index in [0.717, 1.165) is 16.9 Å². The number of rotatable bonds is 7. The number of carbonyl (C=O) groups excluding carboxylic acids is 1. The van der Waals surface area contributed by atoms with Crippen LogP contribution >= 0.6 is 0 Å². The van der Waals surface area contributed by atoms with Crippen molar-refractivity contribution in [1.82, 2.24) is 5.32 Å². The Morgan fingerprint density at radius 3 is 2.65 bits per heavy atom. The van der Waals surface area contributed by atoms with Gasteiger partial charge in [0.15, 0.2) is 6.61 Å². The maximum absolute atomic E-state index is 11.7. The molecule has 0 saturated carbocycles. The summed E-state index contributed by atoms with van der Waals surface area (Å²) in [6.45, 7) is 8.60. The van der Waals surface area contributed by atoms with Crippen molar-refractivity contribution in [3.63, 3.8) is 0 Å². The molecule has 1 unspecified atom stereocenters. The number of aryl methyl sites for hydroxylation is 1. The Bertz CT molecular complexity index is 443. The van der Waals surface area contributed by atoms with Gasteiger partial charge in [-0.25, -0.2) is 0 Å². The van der Waals surface area contributed by atoms with Crippen LogP contribution in [0.25, 0.3) is 0 Å². The van der Waals surface area contributed by atoms with E-state index in [1.807, 2.05) is 32.0 Å². The molecule has 4 nitrogen and oxygen atoms in total. The molecule has 1 amide bonds. The summed E-state index contributed by atoms with van der Waals surface area (Å²) in [6.07, 6.45) is 0. The lowest BCUT2D eigenvalue weighted by Crippen LogP contribution is -2.33. The normalized spacial score (nSPS) is 12.3. The fourth-order valence-electron chi connectivity index (χ4n) is 1.79. The molecular formula is C16H25NO3. The third-order valence-electron chi connectivity index (χ3n) is 3.11. The fourth-order valence-corrected chi connectivity index (χ4v) is 1.79. The Balaban J connectivity index is 2.56. The van der Waals surface area contributed by atoms with Crippen molar-refractivity contribution in [2.24, 2.45) is 5.92 Å². The summed E-state index contributed by atoms with van der Waals surface area (Å²) in [5, 5.41) is 11.6. The smallest absolute Gasteiger partial charge is 0.257 e. The minimum atomic E-state index is -0.165. The minimum Gasteiger partial charge on any atom is -0.483 e. The zero-order valence-electron chi connectivity index (χ0n) is 12.8. The van der Waals surface area contributed by atoms with E-state index >= 15 is 0 Å². The molecule has 0 spiro atoms. The quantitative estimate of drug-likeness (QED) is 0.805. The highest BCUT2D eigenvalue weighted by Gasteiger charge is 2.10. The summed E-state index contributed by atoms with van der Waals surface area (Å²) in [7, 11) is 0. The molecule has 0 aliphatic heterocycles. The molecule has 0 aromatic heterocycles. The lowest BCUT2D eigenvalue weighted by molar-refractivity contribution is -0.123. The van der Waals surface area contributed by atoms with Crippen molar-refractivity contribution < 1.29 is 14.6 Å². The summed E-state index contributed by atoms with van der Waals surface area (Å²) in [5.74, 6) is 1.01. The first-order chi connectivity index (χ1) is 9.43. The summed E-state index contributed by atoms with van der Waals surface area (Å²) in [4.78, 5) is 11.7. The standard InChI is InChI=1S/C16H25NO3/c1-11(2)14-6-5-12(3)7-15(14)20-10-16(19)17-8-13(4)9-18/h5-7,11,13,18H,8-10H2,1-4H3,(H,17,19). The number of aliphatic hydroxyl groups is 1. The van der Waals surface area contributed by atoms with Crippen LogP contribution in [-0.2, 0) is 4.79 Å². The Hall–Kier alpha value is -1.55. The Morgan fingerprint density at radius 1 is 1.35 bits per heavy atom. The summed E-state index contributed by atoms with van der Waals surface area (Å²) >= 11 is 0. The molecule has 0 aliphatic rings. The highest BCUT2D eigenvalue weighted by Crippen LogP contribution is 2.27. The first-order valence-electron chi connectivity index (χ1n) is 7.05. The van der Waals surface area contributed by atoms with Crippen molar-refractivity contribution in [2.75, 3.05) is 19.8 Å². The molecule has 112 valence electrons. The second-order valence-corrected chi connectivity index (χ2v) is 5.58. The molecule has 0 heterocycles. The second-order valence-electron chi connectivity index (χ2n) is 5.58. The maximum Gasteiger partial charge on any atom is 0.257 e. The van der Waals surface area contributed by atoms with Crippen LogP contribution in [0.1, 0.15) is 37.8 Å². The largest absolute Gasteiger partial charge is 0.483 e. The van der Waals surface area contributed by atoms with Crippen molar-refractivity contribution >= 4 is 5.91 Å². The van der Waals surface area contributed by atoms with Gasteiger partial charge in [0.2, 0.25) is 0 Å². The zero-order valence-corrected chi connectivity index (χ0v) is 12.8. The third-order valence-corrected chi connectivity index (χ3v) is 3.11. The molecule has 1 aromatic rings. The Labute approximate surface area is 121 Å². The number of benzene rings is 1. The zero-order chi connectivity index (χ0) is 15.1. The topological polar surface area (TPSA) is 58.6 Å². The van der Waals surface area contributed by atoms with Gasteiger partial charge in [0.05, 0.1) is 0 Å². The highest BCUT2D eigenvalue weighted by atomic mass is 16.5. The monoisotopic (exact) mass is 279 g/mol. The van der Waals surface area contributed by atoms with E-state index in [1.54, 1.807) is 0 Å². The van der Waals surface area contributed by atoms with Crippen LogP contribution in [0.15, 0.2) is 18.2 Å². The summed E-state index contributed by atoms with van der Waals surface area (Å²) < 4.78 is 5.63. The van der Waals surface area contributed by atoms with Crippen LogP contribution in [0.3, 0.4) is 0 Å². The molecule has 0 aliphatic carbocycles. The molecule has 0 bridgehead atoms. The van der Waals surface area contributed by atoms with Crippen LogP contribution in [-0.4, -0.2) is 30.8 Å². The van der Waals surface area contributed by atoms with Crippen LogP contribution in [0.4, 0.5) is 0 Å². The van der Waals surface area contributed by atoms with Crippen LogP contribution in [0.5, 0.6) is 5.75 Å². The lowest BCUT2D eigenvalue weighted by atomic mass is 10.0. The van der Waals surface area contributed by atoms with Gasteiger partial charge < -0.3 is 15.2 Å². The number of carbonyl (C=O) groups is 1. The van der Waals surface area contributed by atoms with Gasteiger partial charge in [-0.15, -0.1) is 0 Å². The second kappa shape index (κ2) is 7.90. The van der Waals surface area contributed by atoms with E-state index in [1.165, 1.54) is 0 Å². The first-order valence-corrected chi connectivity index (χ1v) is 7.05. The molecule has 0 saturated heterocycles. The van der Waals surface area contributed by atoms with Crippen LogP contribution < -0.4 is 10.1 Å². The molecule has 1 aromatic carbocycles. The minimum absolute atomic E-state index is 0.00131. The van der Waals surface area contributed by atoms with E-state index < -0.39 is 0 Å². The van der Waals surface area contributed by atoms with Crippen LogP contribution in [0, 0.1) is 12.8 Å². The van der Waals surface area contributed by atoms with E-state index in [9.17, 15) is 4.79 Å². The third kappa shape index (κ3) is 5.21. The van der Waals surface area contributed by atoms with Crippen molar-refractivity contribution in [3.8, 4) is 5.75 Å². The van der Waals surface area contributed by atoms with Crippen molar-refractivity contribution in [3.05, 3.63) is 29.3 Å². The van der Waals surface area contributed by atoms with Gasteiger partial charge >= 0.3 is 0 Å². The predicted octanol–water partition coefficient (Wildman–Crippen LogP) is 2.24. The van der Waals surface area contributed by atoms with Gasteiger partial charge in [0, 0.05) is 13.2 Å². The number of hydrogen-bond donors (Lipinski definition) is 2. The van der Waals surface area contributed by atoms with Gasteiger partial charge in [-0.05, 0) is 36.0 Å². The van der Waals surface area contributed by atoms with E-state index in [4.69, 9.17) is 9.84 Å². The number of hydrogen-bond acceptors (Lipinski definition) is 3. The summed E-state index contributed by atoms with van der Waals surface area (Å²) in [5.41, 5.74) is 2.21. The molecule has 4 heteroatoms. The average Bonchev–Trinajstić information content (AvgIpc) is 2.42. The number of nitrogens with one attached hydrogen (secondary N) is 1. The lowest BCUT2D eigenvalue weighted by Gasteiger charge is -2.15. The molecule has 20 heavy (non-hydrogen) atoms. The summed E-state index contributed by atoms with van der Waals surface area (Å²) in [6, 6.07) is 6.05. The van der Waals surface area contributed by atoms with Gasteiger partial charge in [0.25, 0.3) is 5.91 Å². The van der Waals surface area contributed by atoms with Crippen LogP contribution in [0.2, 0.25) is 0 Å². The van der Waals surface area contributed by atoms with Gasteiger partial charge in [-0.3, -0.25) is 4.79 Å². The molecule has 0 radical (unpaired) electrons. The van der Waals surface area contributed by atoms with E-state index in [2.05, 4.69) is 19.2 Å². The molecular weight excluding hydrogens is 254 g/mol. The highest BCUT2D eigenvalue weighted by molar-refractivity contribution is 5.77. The molecule has 1 atom stereocenters. The van der Waals surface area contributed by atoms with Crippen molar-refractivity contribution in [1.29, 1.82) is 0 Å². The first kappa shape index (κ1) is 16.5. The molecule has 0 fully saturated rings. The van der Waals surface area contributed by atoms with Gasteiger partial charge in [-0.2, -0.15) is 0 Å². The number of ether oxygens (including phenoxy) is 1. The number of amides is 1. The van der Waals surface area contributed by atoms with E-state index in [0.29, 0.717) is 12.5 Å². The van der Waals surface area contributed by atoms with Gasteiger partial charge in [0.1, 0.15) is 5.75 Å². The molecule has 1 rings (SSSR count). The van der Waals surface area contributed by atoms with E-state index in [-0.39, 0.29) is 25.0 Å².